The van der Waals surface area contributed by atoms with Crippen molar-refractivity contribution in [3.8, 4) is 0 Å². The van der Waals surface area contributed by atoms with Crippen molar-refractivity contribution in [3.05, 3.63) is 18.1 Å². The van der Waals surface area contributed by atoms with Crippen LogP contribution in [0.4, 0.5) is 5.82 Å². The van der Waals surface area contributed by atoms with Gasteiger partial charge in [0.1, 0.15) is 12.1 Å². The summed E-state index contributed by atoms with van der Waals surface area (Å²) in [5.41, 5.74) is 0.804. The Balaban J connectivity index is 2.05. The molecule has 1 saturated heterocycles. The molecule has 0 bridgehead atoms. The molecule has 18 heavy (non-hydrogen) atoms. The predicted molar refractivity (Wildman–Crippen MR) is 71.5 cm³/mol. The first-order chi connectivity index (χ1) is 8.76. The summed E-state index contributed by atoms with van der Waals surface area (Å²) in [6.07, 6.45) is 5.55. The molecule has 5 heteroatoms. The van der Waals surface area contributed by atoms with Crippen LogP contribution in [0, 0.1) is 0 Å². The topological polar surface area (TPSA) is 52.5 Å². The Hall–Kier alpha value is -1.20. The predicted octanol–water partition coefficient (Wildman–Crippen LogP) is 0.889. The van der Waals surface area contributed by atoms with E-state index in [-0.39, 0.29) is 6.61 Å². The van der Waals surface area contributed by atoms with E-state index >= 15 is 0 Å². The number of hydrogen-bond donors (Lipinski definition) is 1. The lowest BCUT2D eigenvalue weighted by Crippen LogP contribution is -2.43. The fourth-order valence-electron chi connectivity index (χ4n) is 2.58. The van der Waals surface area contributed by atoms with Gasteiger partial charge in [-0.25, -0.2) is 9.97 Å². The van der Waals surface area contributed by atoms with Gasteiger partial charge in [-0.2, -0.15) is 0 Å². The van der Waals surface area contributed by atoms with Gasteiger partial charge in [0.05, 0.1) is 6.61 Å². The zero-order valence-electron chi connectivity index (χ0n) is 11.2. The maximum atomic E-state index is 9.33. The van der Waals surface area contributed by atoms with Crippen LogP contribution in [0.3, 0.4) is 0 Å². The van der Waals surface area contributed by atoms with Crippen molar-refractivity contribution in [1.29, 1.82) is 0 Å². The van der Waals surface area contributed by atoms with Crippen LogP contribution in [-0.4, -0.2) is 52.7 Å². The van der Waals surface area contributed by atoms with Crippen molar-refractivity contribution < 1.29 is 5.11 Å². The minimum absolute atomic E-state index is 0.00564. The fraction of sp³-hybridized carbons (Fsp3) is 0.692. The molecule has 2 heterocycles. The lowest BCUT2D eigenvalue weighted by atomic mass is 10.0. The van der Waals surface area contributed by atoms with Crippen molar-refractivity contribution in [1.82, 2.24) is 14.9 Å². The fourth-order valence-corrected chi connectivity index (χ4v) is 2.58. The van der Waals surface area contributed by atoms with Crippen LogP contribution in [0.2, 0.25) is 0 Å². The van der Waals surface area contributed by atoms with Crippen molar-refractivity contribution in [2.75, 3.05) is 31.6 Å². The average molecular weight is 250 g/mol. The molecule has 0 atom stereocenters. The molecule has 0 spiro atoms. The van der Waals surface area contributed by atoms with Crippen molar-refractivity contribution >= 4 is 5.82 Å². The number of likely N-dealkylation sites (tertiary alicyclic amines) is 1. The van der Waals surface area contributed by atoms with Crippen LogP contribution in [0.15, 0.2) is 12.5 Å². The monoisotopic (exact) mass is 250 g/mol. The molecule has 1 aromatic rings. The summed E-state index contributed by atoms with van der Waals surface area (Å²) in [6.45, 7) is 5.62. The average Bonchev–Trinajstić information content (AvgIpc) is 2.46. The summed E-state index contributed by atoms with van der Waals surface area (Å²) in [4.78, 5) is 12.9. The van der Waals surface area contributed by atoms with Gasteiger partial charge in [0.2, 0.25) is 0 Å². The highest BCUT2D eigenvalue weighted by Crippen LogP contribution is 2.22. The summed E-state index contributed by atoms with van der Waals surface area (Å²) >= 11 is 0. The third-order valence-corrected chi connectivity index (χ3v) is 3.82. The number of anilines is 1. The molecule has 5 nitrogen and oxygen atoms in total. The van der Waals surface area contributed by atoms with Gasteiger partial charge in [-0.05, 0) is 19.4 Å². The van der Waals surface area contributed by atoms with E-state index in [1.807, 2.05) is 0 Å². The third kappa shape index (κ3) is 2.79. The Morgan fingerprint density at radius 1 is 1.44 bits per heavy atom. The maximum absolute atomic E-state index is 9.33. The summed E-state index contributed by atoms with van der Waals surface area (Å²) in [6, 6.07) is 0.507. The van der Waals surface area contributed by atoms with E-state index < -0.39 is 0 Å². The molecule has 0 saturated carbocycles. The highest BCUT2D eigenvalue weighted by molar-refractivity contribution is 5.45. The van der Waals surface area contributed by atoms with Gasteiger partial charge in [-0.3, -0.25) is 0 Å². The Kier molecular flexibility index (Phi) is 4.49. The van der Waals surface area contributed by atoms with Gasteiger partial charge in [0, 0.05) is 37.9 Å². The summed E-state index contributed by atoms with van der Waals surface area (Å²) in [5.74, 6) is 0.863. The molecular weight excluding hydrogens is 228 g/mol. The smallest absolute Gasteiger partial charge is 0.137 e. The number of aromatic nitrogens is 2. The van der Waals surface area contributed by atoms with Gasteiger partial charge >= 0.3 is 0 Å². The Morgan fingerprint density at radius 2 is 2.17 bits per heavy atom. The number of aliphatic hydroxyl groups excluding tert-OH is 1. The lowest BCUT2D eigenvalue weighted by Gasteiger charge is -2.37. The van der Waals surface area contributed by atoms with Gasteiger partial charge in [0.25, 0.3) is 0 Å². The first kappa shape index (κ1) is 13.2. The van der Waals surface area contributed by atoms with E-state index in [0.29, 0.717) is 6.04 Å². The highest BCUT2D eigenvalue weighted by atomic mass is 16.3. The number of rotatable bonds is 4. The summed E-state index contributed by atoms with van der Waals surface area (Å²) in [7, 11) is 2.06. The van der Waals surface area contributed by atoms with Crippen molar-refractivity contribution in [2.24, 2.45) is 0 Å². The van der Waals surface area contributed by atoms with Crippen LogP contribution >= 0.6 is 0 Å². The van der Waals surface area contributed by atoms with Crippen LogP contribution < -0.4 is 4.90 Å². The molecule has 0 aliphatic carbocycles. The molecule has 1 aliphatic rings. The Labute approximate surface area is 108 Å². The first-order valence-corrected chi connectivity index (χ1v) is 6.61. The zero-order chi connectivity index (χ0) is 13.0. The summed E-state index contributed by atoms with van der Waals surface area (Å²) in [5, 5.41) is 9.33. The minimum atomic E-state index is -0.00564. The lowest BCUT2D eigenvalue weighted by molar-refractivity contribution is 0.220. The molecule has 0 amide bonds. The molecule has 1 N–H and O–H groups in total. The molecule has 0 unspecified atom stereocenters. The molecular formula is C13H22N4O. The quantitative estimate of drug-likeness (QED) is 0.860. The van der Waals surface area contributed by atoms with E-state index in [1.54, 1.807) is 12.5 Å². The minimum Gasteiger partial charge on any atom is -0.391 e. The Bertz CT molecular complexity index is 377. The van der Waals surface area contributed by atoms with Gasteiger partial charge in [-0.1, -0.05) is 6.92 Å². The van der Waals surface area contributed by atoms with Crippen molar-refractivity contribution in [2.45, 2.75) is 32.4 Å². The molecule has 1 aliphatic heterocycles. The second kappa shape index (κ2) is 6.11. The molecule has 1 aromatic heterocycles. The number of hydrogen-bond acceptors (Lipinski definition) is 5. The standard InChI is InChI=1S/C13H22N4O/c1-3-17-6-4-12(5-7-17)16(2)13-11(9-18)8-14-10-15-13/h8,10,12,18H,3-7,9H2,1-2H3. The van der Waals surface area contributed by atoms with E-state index in [9.17, 15) is 5.11 Å². The van der Waals surface area contributed by atoms with Crippen LogP contribution in [0.25, 0.3) is 0 Å². The van der Waals surface area contributed by atoms with E-state index in [4.69, 9.17) is 0 Å². The van der Waals surface area contributed by atoms with Crippen molar-refractivity contribution in [3.63, 3.8) is 0 Å². The number of piperidine rings is 1. The van der Waals surface area contributed by atoms with E-state index in [0.717, 1.165) is 43.9 Å². The normalized spacial score (nSPS) is 17.9. The maximum Gasteiger partial charge on any atom is 0.137 e. The van der Waals surface area contributed by atoms with Gasteiger partial charge in [0.15, 0.2) is 0 Å². The van der Waals surface area contributed by atoms with E-state index in [2.05, 4.69) is 33.7 Å². The second-order valence-corrected chi connectivity index (χ2v) is 4.81. The van der Waals surface area contributed by atoms with Crippen LogP contribution in [-0.2, 0) is 6.61 Å². The van der Waals surface area contributed by atoms with Crippen LogP contribution in [0.1, 0.15) is 25.3 Å². The molecule has 0 aromatic carbocycles. The zero-order valence-corrected chi connectivity index (χ0v) is 11.2. The second-order valence-electron chi connectivity index (χ2n) is 4.81. The number of nitrogens with zero attached hydrogens (tertiary/aromatic N) is 4. The first-order valence-electron chi connectivity index (χ1n) is 6.61. The summed E-state index contributed by atoms with van der Waals surface area (Å²) < 4.78 is 0. The highest BCUT2D eigenvalue weighted by Gasteiger charge is 2.23. The number of aliphatic hydroxyl groups is 1. The van der Waals surface area contributed by atoms with E-state index in [1.165, 1.54) is 0 Å². The molecule has 2 rings (SSSR count). The third-order valence-electron chi connectivity index (χ3n) is 3.82. The Morgan fingerprint density at radius 3 is 2.78 bits per heavy atom. The van der Waals surface area contributed by atoms with Gasteiger partial charge in [-0.15, -0.1) is 0 Å². The van der Waals surface area contributed by atoms with Crippen LogP contribution in [0.5, 0.6) is 0 Å². The molecule has 1 fully saturated rings. The SMILES string of the molecule is CCN1CCC(N(C)c2ncncc2CO)CC1. The molecule has 100 valence electrons. The van der Waals surface area contributed by atoms with Gasteiger partial charge < -0.3 is 14.9 Å². The molecule has 0 radical (unpaired) electrons. The largest absolute Gasteiger partial charge is 0.391 e.